The third-order valence-electron chi connectivity index (χ3n) is 6.86. The first-order valence-electron chi connectivity index (χ1n) is 12.4. The van der Waals surface area contributed by atoms with Crippen LogP contribution >= 0.6 is 0 Å². The normalized spacial score (nSPS) is 19.6. The lowest BCUT2D eigenvalue weighted by molar-refractivity contribution is -0.140. The lowest BCUT2D eigenvalue weighted by atomic mass is 9.78. The van der Waals surface area contributed by atoms with Gasteiger partial charge in [-0.2, -0.15) is 21.6 Å². The number of carbonyl (C=O) groups excluding carboxylic acids is 1. The number of benzene rings is 1. The fourth-order valence-electron chi connectivity index (χ4n) is 4.94. The summed E-state index contributed by atoms with van der Waals surface area (Å²) < 4.78 is 87.6. The van der Waals surface area contributed by atoms with Crippen LogP contribution in [0.15, 0.2) is 53.8 Å². The molecule has 0 radical (unpaired) electrons. The van der Waals surface area contributed by atoms with E-state index in [-0.39, 0.29) is 40.4 Å². The topological polar surface area (TPSA) is 115 Å². The Hall–Kier alpha value is -3.85. The van der Waals surface area contributed by atoms with E-state index in [1.54, 1.807) is 14.1 Å². The van der Waals surface area contributed by atoms with Gasteiger partial charge in [0.2, 0.25) is 5.88 Å². The van der Waals surface area contributed by atoms with Crippen molar-refractivity contribution in [3.63, 3.8) is 0 Å². The zero-order valence-corrected chi connectivity index (χ0v) is 23.1. The van der Waals surface area contributed by atoms with Gasteiger partial charge in [-0.25, -0.2) is 19.3 Å². The smallest absolute Gasteiger partial charge is 0.419 e. The van der Waals surface area contributed by atoms with Gasteiger partial charge in [-0.3, -0.25) is 4.79 Å². The van der Waals surface area contributed by atoms with Gasteiger partial charge in [0, 0.05) is 24.4 Å². The van der Waals surface area contributed by atoms with E-state index in [1.807, 2.05) is 4.90 Å². The van der Waals surface area contributed by atoms with E-state index in [0.29, 0.717) is 23.7 Å². The van der Waals surface area contributed by atoms with Gasteiger partial charge >= 0.3 is 12.6 Å². The molecule has 3 atom stereocenters. The molecule has 1 aromatic carbocycles. The first-order valence-corrected chi connectivity index (χ1v) is 13.9. The van der Waals surface area contributed by atoms with Crippen LogP contribution in [0.3, 0.4) is 0 Å². The maximum Gasteiger partial charge on any atom is 0.419 e. The molecule has 4 rings (SSSR count). The summed E-state index contributed by atoms with van der Waals surface area (Å²) in [5, 5.41) is 0. The van der Waals surface area contributed by atoms with E-state index < -0.39 is 39.6 Å². The van der Waals surface area contributed by atoms with Gasteiger partial charge in [0.1, 0.15) is 23.1 Å². The molecule has 3 aromatic rings. The molecular weight excluding hydrogens is 570 g/mol. The number of nitrogens with zero attached hydrogens (tertiary/aromatic N) is 5. The van der Waals surface area contributed by atoms with Crippen LogP contribution in [-0.2, 0) is 25.8 Å². The number of ether oxygens (including phenoxy) is 1. The van der Waals surface area contributed by atoms with Crippen molar-refractivity contribution in [2.45, 2.75) is 55.3 Å². The first kappa shape index (κ1) is 30.1. The van der Waals surface area contributed by atoms with Crippen molar-refractivity contribution in [1.29, 1.82) is 0 Å². The molecule has 0 spiro atoms. The molecular formula is C26H27F4N5O5S. The maximum atomic E-state index is 14.9. The van der Waals surface area contributed by atoms with Gasteiger partial charge < -0.3 is 14.5 Å². The minimum atomic E-state index is -4.80. The van der Waals surface area contributed by atoms with Crippen molar-refractivity contribution in [1.82, 2.24) is 19.9 Å². The molecule has 15 heteroatoms. The fourth-order valence-corrected chi connectivity index (χ4v) is 6.28. The van der Waals surface area contributed by atoms with Gasteiger partial charge in [-0.15, -0.1) is 0 Å². The van der Waals surface area contributed by atoms with Gasteiger partial charge in [0.15, 0.2) is 5.82 Å². The van der Waals surface area contributed by atoms with Crippen LogP contribution < -0.4 is 9.21 Å². The number of pyridine rings is 1. The number of likely N-dealkylation sites (N-methyl/N-ethyl adjacent to an activating group) is 1. The Morgan fingerprint density at radius 3 is 2.46 bits per heavy atom. The van der Waals surface area contributed by atoms with Crippen LogP contribution in [0.1, 0.15) is 42.0 Å². The number of aryl methyl sites for hydroxylation is 1. The summed E-state index contributed by atoms with van der Waals surface area (Å²) >= 11 is 0. The van der Waals surface area contributed by atoms with Crippen molar-refractivity contribution in [3.8, 4) is 5.88 Å². The monoisotopic (exact) mass is 597 g/mol. The summed E-state index contributed by atoms with van der Waals surface area (Å²) in [6.07, 6.45) is -1.80. The second-order valence-corrected chi connectivity index (χ2v) is 11.4. The molecule has 0 aliphatic heterocycles. The standard InChI is InChI=1S/C26H27F4N5O5S/c1-16-22(41(37,38)35(39-15-36)23-11-12-31-14-32-23)9-10-24(33-16)40-21-8-7-17(13-20(21)34(2)3)18-5-4-6-19(25(18)27)26(28,29)30/h4-6,9-12,14-15,17,20-21H,7-8,13H2,1-3H3/t17-,20-,21-/m0/s1. The summed E-state index contributed by atoms with van der Waals surface area (Å²) in [7, 11) is -0.856. The van der Waals surface area contributed by atoms with Crippen molar-refractivity contribution < 1.29 is 40.3 Å². The highest BCUT2D eigenvalue weighted by atomic mass is 32.2. The first-order chi connectivity index (χ1) is 19.3. The Bertz CT molecular complexity index is 1490. The molecule has 0 N–H and O–H groups in total. The van der Waals surface area contributed by atoms with E-state index in [1.165, 1.54) is 43.5 Å². The molecule has 0 unspecified atom stereocenters. The van der Waals surface area contributed by atoms with Gasteiger partial charge in [-0.05, 0) is 63.9 Å². The highest BCUT2D eigenvalue weighted by molar-refractivity contribution is 7.92. The molecule has 1 saturated carbocycles. The van der Waals surface area contributed by atoms with Gasteiger partial charge in [0.25, 0.3) is 10.0 Å². The van der Waals surface area contributed by atoms with Crippen molar-refractivity contribution >= 4 is 22.3 Å². The Kier molecular flexibility index (Phi) is 8.77. The molecule has 2 aromatic heterocycles. The van der Waals surface area contributed by atoms with E-state index in [4.69, 9.17) is 9.57 Å². The number of sulfonamides is 1. The summed E-state index contributed by atoms with van der Waals surface area (Å²) in [4.78, 5) is 29.1. The van der Waals surface area contributed by atoms with Gasteiger partial charge in [0.05, 0.1) is 11.3 Å². The molecule has 0 saturated heterocycles. The Balaban J connectivity index is 1.55. The summed E-state index contributed by atoms with van der Waals surface area (Å²) in [5.41, 5.74) is -1.22. The number of hydrogen-bond acceptors (Lipinski definition) is 9. The van der Waals surface area contributed by atoms with E-state index in [0.717, 1.165) is 12.4 Å². The van der Waals surface area contributed by atoms with Crippen LogP contribution in [-0.4, -0.2) is 61.0 Å². The fraction of sp³-hybridized carbons (Fsp3) is 0.385. The summed E-state index contributed by atoms with van der Waals surface area (Å²) in [6.45, 7) is 1.39. The molecule has 0 bridgehead atoms. The zero-order valence-electron chi connectivity index (χ0n) is 22.2. The number of halogens is 4. The predicted molar refractivity (Wildman–Crippen MR) is 138 cm³/mol. The van der Waals surface area contributed by atoms with Crippen LogP contribution in [0.5, 0.6) is 5.88 Å². The highest BCUT2D eigenvalue weighted by Crippen LogP contribution is 2.40. The molecule has 10 nitrogen and oxygen atoms in total. The summed E-state index contributed by atoms with van der Waals surface area (Å²) in [5.74, 6) is -1.80. The van der Waals surface area contributed by atoms with Crippen molar-refractivity contribution in [2.24, 2.45) is 0 Å². The summed E-state index contributed by atoms with van der Waals surface area (Å²) in [6, 6.07) is 6.86. The minimum Gasteiger partial charge on any atom is -0.473 e. The molecule has 1 aliphatic carbocycles. The zero-order chi connectivity index (χ0) is 29.9. The number of anilines is 1. The molecule has 41 heavy (non-hydrogen) atoms. The van der Waals surface area contributed by atoms with E-state index >= 15 is 0 Å². The SMILES string of the molecule is Cc1nc(O[C@H]2CC[C@H](c3cccc(C(F)(F)F)c3F)C[C@@H]2N(C)C)ccc1S(=O)(=O)N(OC=O)c1ccncn1. The molecule has 0 amide bonds. The van der Waals surface area contributed by atoms with E-state index in [2.05, 4.69) is 15.0 Å². The second-order valence-electron chi connectivity index (χ2n) is 9.64. The third-order valence-corrected chi connectivity index (χ3v) is 8.56. The number of aromatic nitrogens is 3. The molecule has 1 aliphatic rings. The van der Waals surface area contributed by atoms with Crippen LogP contribution in [0.2, 0.25) is 0 Å². The number of rotatable bonds is 9. The average Bonchev–Trinajstić information content (AvgIpc) is 2.91. The molecule has 2 heterocycles. The quantitative estimate of drug-likeness (QED) is 0.203. The highest BCUT2D eigenvalue weighted by Gasteiger charge is 2.39. The van der Waals surface area contributed by atoms with Crippen LogP contribution in [0.4, 0.5) is 23.4 Å². The number of hydrogen-bond donors (Lipinski definition) is 0. The maximum absolute atomic E-state index is 14.9. The van der Waals surface area contributed by atoms with Crippen molar-refractivity contribution in [2.75, 3.05) is 18.6 Å². The largest absolute Gasteiger partial charge is 0.473 e. The van der Waals surface area contributed by atoms with Crippen LogP contribution in [0.25, 0.3) is 0 Å². The van der Waals surface area contributed by atoms with Crippen molar-refractivity contribution in [3.05, 3.63) is 71.6 Å². The lowest BCUT2D eigenvalue weighted by Crippen LogP contribution is -2.46. The predicted octanol–water partition coefficient (Wildman–Crippen LogP) is 4.27. The van der Waals surface area contributed by atoms with Gasteiger partial charge in [-0.1, -0.05) is 16.6 Å². The minimum absolute atomic E-state index is 0.0134. The number of carbonyl (C=O) groups is 1. The molecule has 1 fully saturated rings. The Morgan fingerprint density at radius 2 is 1.85 bits per heavy atom. The molecule has 220 valence electrons. The van der Waals surface area contributed by atoms with E-state index in [9.17, 15) is 30.8 Å². The Morgan fingerprint density at radius 1 is 1.10 bits per heavy atom. The number of alkyl halides is 3. The van der Waals surface area contributed by atoms with Crippen LogP contribution in [0, 0.1) is 12.7 Å². The third kappa shape index (κ3) is 6.40. The Labute approximate surface area is 233 Å². The average molecular weight is 598 g/mol. The second kappa shape index (κ2) is 11.9. The lowest BCUT2D eigenvalue weighted by Gasteiger charge is -2.39.